The van der Waals surface area contributed by atoms with Gasteiger partial charge in [0, 0.05) is 22.6 Å². The van der Waals surface area contributed by atoms with Crippen molar-refractivity contribution < 1.29 is 9.90 Å². The van der Waals surface area contributed by atoms with E-state index in [4.69, 9.17) is 0 Å². The molecule has 2 aromatic heterocycles. The molecule has 1 aromatic carbocycles. The van der Waals surface area contributed by atoms with Crippen LogP contribution >= 0.6 is 0 Å². The van der Waals surface area contributed by atoms with Crippen LogP contribution < -0.4 is 5.32 Å². The van der Waals surface area contributed by atoms with E-state index in [-0.39, 0.29) is 25.0 Å². The monoisotopic (exact) mass is 407 g/mol. The maximum absolute atomic E-state index is 12.7. The summed E-state index contributed by atoms with van der Waals surface area (Å²) in [6.45, 7) is 9.55. The lowest BCUT2D eigenvalue weighted by Gasteiger charge is -2.17. The first-order valence-corrected chi connectivity index (χ1v) is 10.1. The minimum Gasteiger partial charge on any atom is -0.394 e. The summed E-state index contributed by atoms with van der Waals surface area (Å²) in [5.74, 6) is 0.363. The van der Waals surface area contributed by atoms with E-state index in [9.17, 15) is 9.90 Å². The molecule has 0 radical (unpaired) electrons. The van der Waals surface area contributed by atoms with Gasteiger partial charge >= 0.3 is 0 Å². The highest BCUT2D eigenvalue weighted by Crippen LogP contribution is 2.17. The van der Waals surface area contributed by atoms with Crippen molar-refractivity contribution in [3.63, 3.8) is 0 Å². The molecule has 7 heteroatoms. The summed E-state index contributed by atoms with van der Waals surface area (Å²) in [6.07, 6.45) is 0.773. The van der Waals surface area contributed by atoms with Gasteiger partial charge in [0.25, 0.3) is 5.95 Å². The zero-order chi connectivity index (χ0) is 21.8. The molecule has 2 heterocycles. The van der Waals surface area contributed by atoms with E-state index in [1.807, 2.05) is 65.0 Å². The third kappa shape index (κ3) is 4.91. The number of carbonyl (C=O) groups is 1. The molecule has 3 aromatic rings. The van der Waals surface area contributed by atoms with Crippen molar-refractivity contribution in [3.05, 3.63) is 69.8 Å². The molecule has 0 aliphatic rings. The van der Waals surface area contributed by atoms with Gasteiger partial charge in [0.15, 0.2) is 0 Å². The number of nitrogens with one attached hydrogen (secondary N) is 1. The second-order valence-corrected chi connectivity index (χ2v) is 7.77. The Hall–Kier alpha value is -3.06. The van der Waals surface area contributed by atoms with Gasteiger partial charge < -0.3 is 10.4 Å². The minimum atomic E-state index is -0.336. The summed E-state index contributed by atoms with van der Waals surface area (Å²) in [7, 11) is 0. The molecule has 2 N–H and O–H groups in total. The van der Waals surface area contributed by atoms with Gasteiger partial charge in [-0.2, -0.15) is 5.10 Å². The first kappa shape index (κ1) is 21.6. The molecule has 1 unspecified atom stereocenters. The van der Waals surface area contributed by atoms with E-state index in [0.29, 0.717) is 12.4 Å². The Balaban J connectivity index is 1.75. The molecule has 7 nitrogen and oxygen atoms in total. The lowest BCUT2D eigenvalue weighted by atomic mass is 10.0. The van der Waals surface area contributed by atoms with Crippen LogP contribution in [0.5, 0.6) is 0 Å². The van der Waals surface area contributed by atoms with Crippen LogP contribution in [0.2, 0.25) is 0 Å². The average Bonchev–Trinajstić information content (AvgIpc) is 2.96. The van der Waals surface area contributed by atoms with Gasteiger partial charge in [-0.15, -0.1) is 0 Å². The van der Waals surface area contributed by atoms with Gasteiger partial charge in [0.2, 0.25) is 5.91 Å². The van der Waals surface area contributed by atoms with Crippen LogP contribution in [0, 0.1) is 34.6 Å². The molecule has 0 aliphatic heterocycles. The number of carbonyl (C=O) groups excluding carboxylic acids is 1. The van der Waals surface area contributed by atoms with E-state index >= 15 is 0 Å². The average molecular weight is 408 g/mol. The Morgan fingerprint density at radius 2 is 1.77 bits per heavy atom. The highest BCUT2D eigenvalue weighted by atomic mass is 16.3. The standard InChI is InChI=1S/C23H29N5O2/c1-14-8-6-7-9-19(14)11-20(13-29)26-22(30)12-21-17(4)27-28(18(21)5)23-24-15(2)10-16(3)25-23/h6-10,20,29H,11-13H2,1-5H3,(H,26,30). The number of aliphatic hydroxyl groups is 1. The summed E-state index contributed by atoms with van der Waals surface area (Å²) in [4.78, 5) is 21.7. The SMILES string of the molecule is Cc1cc(C)nc(-n2nc(C)c(CC(=O)NC(CO)Cc3ccccc3C)c2C)n1. The number of aryl methyl sites for hydroxylation is 4. The minimum absolute atomic E-state index is 0.117. The van der Waals surface area contributed by atoms with Crippen LogP contribution in [0.1, 0.15) is 39.5 Å². The Morgan fingerprint density at radius 3 is 2.40 bits per heavy atom. The second-order valence-electron chi connectivity index (χ2n) is 7.77. The predicted octanol–water partition coefficient (Wildman–Crippen LogP) is 2.47. The van der Waals surface area contributed by atoms with Gasteiger partial charge in [-0.3, -0.25) is 4.79 Å². The van der Waals surface area contributed by atoms with Crippen molar-refractivity contribution in [1.29, 1.82) is 0 Å². The van der Waals surface area contributed by atoms with Crippen LogP contribution in [0.15, 0.2) is 30.3 Å². The van der Waals surface area contributed by atoms with E-state index < -0.39 is 0 Å². The number of aromatic nitrogens is 4. The molecule has 3 rings (SSSR count). The van der Waals surface area contributed by atoms with Crippen molar-refractivity contribution in [2.45, 2.75) is 53.5 Å². The van der Waals surface area contributed by atoms with Crippen LogP contribution in [0.25, 0.3) is 5.95 Å². The summed E-state index contributed by atoms with van der Waals surface area (Å²) in [6, 6.07) is 9.57. The maximum Gasteiger partial charge on any atom is 0.251 e. The number of benzene rings is 1. The zero-order valence-corrected chi connectivity index (χ0v) is 18.2. The topological polar surface area (TPSA) is 92.9 Å². The summed E-state index contributed by atoms with van der Waals surface area (Å²) < 4.78 is 1.69. The number of hydrogen-bond acceptors (Lipinski definition) is 5. The lowest BCUT2D eigenvalue weighted by molar-refractivity contribution is -0.121. The fraction of sp³-hybridized carbons (Fsp3) is 0.391. The highest BCUT2D eigenvalue weighted by Gasteiger charge is 2.19. The van der Waals surface area contributed by atoms with E-state index in [1.165, 1.54) is 0 Å². The Kier molecular flexibility index (Phi) is 6.62. The molecule has 0 fully saturated rings. The lowest BCUT2D eigenvalue weighted by Crippen LogP contribution is -2.40. The first-order chi connectivity index (χ1) is 14.3. The number of hydrogen-bond donors (Lipinski definition) is 2. The first-order valence-electron chi connectivity index (χ1n) is 10.1. The van der Waals surface area contributed by atoms with Crippen LogP contribution in [-0.4, -0.2) is 43.4 Å². The molecule has 0 saturated heterocycles. The summed E-state index contributed by atoms with van der Waals surface area (Å²) >= 11 is 0. The van der Waals surface area contributed by atoms with Crippen molar-refractivity contribution in [3.8, 4) is 5.95 Å². The smallest absolute Gasteiger partial charge is 0.251 e. The van der Waals surface area contributed by atoms with Crippen molar-refractivity contribution >= 4 is 5.91 Å². The second kappa shape index (κ2) is 9.17. The molecule has 0 bridgehead atoms. The highest BCUT2D eigenvalue weighted by molar-refractivity contribution is 5.79. The number of nitrogens with zero attached hydrogens (tertiary/aromatic N) is 4. The Bertz CT molecular complexity index is 1040. The summed E-state index contributed by atoms with van der Waals surface area (Å²) in [5, 5.41) is 17.3. The number of aliphatic hydroxyl groups excluding tert-OH is 1. The van der Waals surface area contributed by atoms with Crippen molar-refractivity contribution in [1.82, 2.24) is 25.1 Å². The Morgan fingerprint density at radius 1 is 1.10 bits per heavy atom. The fourth-order valence-corrected chi connectivity index (χ4v) is 3.63. The molecular formula is C23H29N5O2. The quantitative estimate of drug-likeness (QED) is 0.628. The largest absolute Gasteiger partial charge is 0.394 e. The van der Waals surface area contributed by atoms with Crippen LogP contribution in [-0.2, 0) is 17.6 Å². The molecule has 1 atom stereocenters. The third-order valence-electron chi connectivity index (χ3n) is 5.25. The predicted molar refractivity (Wildman–Crippen MR) is 116 cm³/mol. The molecule has 158 valence electrons. The van der Waals surface area contributed by atoms with E-state index in [1.54, 1.807) is 4.68 Å². The van der Waals surface area contributed by atoms with Crippen molar-refractivity contribution in [2.75, 3.05) is 6.61 Å². The molecule has 0 saturated carbocycles. The zero-order valence-electron chi connectivity index (χ0n) is 18.2. The van der Waals surface area contributed by atoms with Gasteiger partial charge in [-0.05, 0) is 58.2 Å². The number of amides is 1. The van der Waals surface area contributed by atoms with Gasteiger partial charge in [-0.1, -0.05) is 24.3 Å². The summed E-state index contributed by atoms with van der Waals surface area (Å²) in [5.41, 5.74) is 6.45. The van der Waals surface area contributed by atoms with Crippen LogP contribution in [0.4, 0.5) is 0 Å². The normalized spacial score (nSPS) is 12.1. The molecule has 0 aliphatic carbocycles. The molecule has 1 amide bonds. The van der Waals surface area contributed by atoms with Gasteiger partial charge in [-0.25, -0.2) is 14.6 Å². The van der Waals surface area contributed by atoms with Gasteiger partial charge in [0.05, 0.1) is 24.8 Å². The Labute approximate surface area is 177 Å². The fourth-order valence-electron chi connectivity index (χ4n) is 3.63. The molecule has 0 spiro atoms. The molecule has 30 heavy (non-hydrogen) atoms. The third-order valence-corrected chi connectivity index (χ3v) is 5.25. The molecular weight excluding hydrogens is 378 g/mol. The van der Waals surface area contributed by atoms with Crippen molar-refractivity contribution in [2.24, 2.45) is 0 Å². The van der Waals surface area contributed by atoms with Gasteiger partial charge in [0.1, 0.15) is 0 Å². The van der Waals surface area contributed by atoms with Crippen LogP contribution in [0.3, 0.4) is 0 Å². The number of rotatable bonds is 7. The van der Waals surface area contributed by atoms with E-state index in [0.717, 1.165) is 39.5 Å². The maximum atomic E-state index is 12.7. The van der Waals surface area contributed by atoms with E-state index in [2.05, 4.69) is 20.4 Å².